The fraction of sp³-hybridized carbons (Fsp3) is 0.571. The first kappa shape index (κ1) is 20.3. The molecule has 0 radical (unpaired) electrons. The van der Waals surface area contributed by atoms with Crippen molar-refractivity contribution in [3.05, 3.63) is 28.1 Å². The van der Waals surface area contributed by atoms with E-state index < -0.39 is 37.1 Å². The summed E-state index contributed by atoms with van der Waals surface area (Å²) in [5.41, 5.74) is 5.14. The monoisotopic (exact) mass is 363 g/mol. The van der Waals surface area contributed by atoms with Crippen LogP contribution >= 0.6 is 0 Å². The van der Waals surface area contributed by atoms with E-state index >= 15 is 0 Å². The molecule has 0 saturated heterocycles. The van der Waals surface area contributed by atoms with Crippen molar-refractivity contribution >= 4 is 15.7 Å². The van der Waals surface area contributed by atoms with Gasteiger partial charge in [0.1, 0.15) is 0 Å². The number of sulfonamides is 1. The lowest BCUT2D eigenvalue weighted by Crippen LogP contribution is -2.34. The zero-order valence-corrected chi connectivity index (χ0v) is 14.8. The van der Waals surface area contributed by atoms with E-state index in [2.05, 4.69) is 4.74 Å². The largest absolute Gasteiger partial charge is 0.488 e. The van der Waals surface area contributed by atoms with Crippen molar-refractivity contribution in [1.29, 1.82) is 0 Å². The molecule has 0 heterocycles. The van der Waals surface area contributed by atoms with Crippen LogP contribution in [0.3, 0.4) is 0 Å². The Labute approximate surface area is 140 Å². The molecule has 1 aromatic rings. The minimum atomic E-state index is -4.09. The number of halogens is 1. The van der Waals surface area contributed by atoms with Crippen LogP contribution in [0.2, 0.25) is 0 Å². The molecule has 0 amide bonds. The number of nitro groups is 1. The molecule has 0 fully saturated rings. The van der Waals surface area contributed by atoms with E-state index in [0.717, 1.165) is 17.5 Å². The maximum Gasteiger partial charge on any atom is 0.315 e. The van der Waals surface area contributed by atoms with Gasteiger partial charge in [0, 0.05) is 25.7 Å². The Morgan fingerprint density at radius 2 is 2.00 bits per heavy atom. The fourth-order valence-electron chi connectivity index (χ4n) is 2.01. The highest BCUT2D eigenvalue weighted by Gasteiger charge is 2.29. The molecule has 8 nitrogen and oxygen atoms in total. The van der Waals surface area contributed by atoms with Crippen LogP contribution in [-0.2, 0) is 10.0 Å². The second-order valence-electron chi connectivity index (χ2n) is 5.74. The summed E-state index contributed by atoms with van der Waals surface area (Å²) >= 11 is 0. The smallest absolute Gasteiger partial charge is 0.315 e. The summed E-state index contributed by atoms with van der Waals surface area (Å²) in [5.74, 6) is -1.54. The third kappa shape index (κ3) is 4.40. The molecule has 0 aliphatic carbocycles. The molecule has 1 atom stereocenters. The molecule has 10 heteroatoms. The summed E-state index contributed by atoms with van der Waals surface area (Å²) in [6, 6.07) is 1.31. The predicted molar refractivity (Wildman–Crippen MR) is 86.9 cm³/mol. The maximum absolute atomic E-state index is 14.0. The van der Waals surface area contributed by atoms with Gasteiger partial charge in [-0.2, -0.15) is 0 Å². The van der Waals surface area contributed by atoms with E-state index in [9.17, 15) is 22.9 Å². The van der Waals surface area contributed by atoms with Crippen LogP contribution < -0.4 is 10.5 Å². The summed E-state index contributed by atoms with van der Waals surface area (Å²) in [5, 5.41) is 11.0. The van der Waals surface area contributed by atoms with Crippen LogP contribution in [0.25, 0.3) is 0 Å². The second-order valence-corrected chi connectivity index (χ2v) is 7.78. The SMILES string of the molecule is COc1c(F)cc(S(=O)(=O)N(C)CCC(N)C(C)C)cc1[N+](=O)[O-]. The standard InChI is InChI=1S/C14H22FN3O5S/c1-9(2)12(16)5-6-17(3)24(21,22)10-7-11(15)14(23-4)13(8-10)18(19)20/h7-9,12H,5-6,16H2,1-4H3. The number of rotatable bonds is 8. The van der Waals surface area contributed by atoms with Gasteiger partial charge in [-0.25, -0.2) is 17.1 Å². The van der Waals surface area contributed by atoms with Crippen LogP contribution in [-0.4, -0.2) is 44.4 Å². The second kappa shape index (κ2) is 7.86. The van der Waals surface area contributed by atoms with E-state index in [0.29, 0.717) is 12.5 Å². The Bertz CT molecular complexity index is 709. The van der Waals surface area contributed by atoms with Gasteiger partial charge in [0.25, 0.3) is 0 Å². The van der Waals surface area contributed by atoms with Crippen molar-refractivity contribution in [2.24, 2.45) is 11.7 Å². The van der Waals surface area contributed by atoms with Gasteiger partial charge in [0.15, 0.2) is 5.82 Å². The van der Waals surface area contributed by atoms with Crippen molar-refractivity contribution in [3.8, 4) is 5.75 Å². The third-order valence-electron chi connectivity index (χ3n) is 3.74. The van der Waals surface area contributed by atoms with Gasteiger partial charge >= 0.3 is 5.69 Å². The molecule has 0 saturated carbocycles. The van der Waals surface area contributed by atoms with Crippen molar-refractivity contribution in [1.82, 2.24) is 4.31 Å². The van der Waals surface area contributed by atoms with Gasteiger partial charge in [0.2, 0.25) is 15.8 Å². The highest BCUT2D eigenvalue weighted by molar-refractivity contribution is 7.89. The van der Waals surface area contributed by atoms with E-state index in [1.807, 2.05) is 13.8 Å². The number of hydrogen-bond acceptors (Lipinski definition) is 6. The Kier molecular flexibility index (Phi) is 6.64. The maximum atomic E-state index is 14.0. The zero-order valence-electron chi connectivity index (χ0n) is 14.0. The lowest BCUT2D eigenvalue weighted by atomic mass is 10.0. The number of ether oxygens (including phenoxy) is 1. The molecule has 136 valence electrons. The average molecular weight is 363 g/mol. The van der Waals surface area contributed by atoms with E-state index in [1.54, 1.807) is 0 Å². The molecule has 0 spiro atoms. The van der Waals surface area contributed by atoms with Gasteiger partial charge in [-0.15, -0.1) is 0 Å². The molecular formula is C14H22FN3O5S. The molecule has 0 aromatic heterocycles. The molecule has 0 aliphatic heterocycles. The number of nitrogens with two attached hydrogens (primary N) is 1. The highest BCUT2D eigenvalue weighted by atomic mass is 32.2. The van der Waals surface area contributed by atoms with E-state index in [-0.39, 0.29) is 18.5 Å². The van der Waals surface area contributed by atoms with Gasteiger partial charge < -0.3 is 10.5 Å². The molecule has 0 bridgehead atoms. The highest BCUT2D eigenvalue weighted by Crippen LogP contribution is 2.33. The van der Waals surface area contributed by atoms with Crippen LogP contribution in [0, 0.1) is 21.8 Å². The van der Waals surface area contributed by atoms with Crippen molar-refractivity contribution in [3.63, 3.8) is 0 Å². The normalized spacial score (nSPS) is 13.3. The molecule has 1 rings (SSSR count). The Morgan fingerprint density at radius 1 is 1.42 bits per heavy atom. The summed E-state index contributed by atoms with van der Waals surface area (Å²) in [4.78, 5) is 9.61. The zero-order chi connectivity index (χ0) is 18.7. The molecule has 1 aromatic carbocycles. The van der Waals surface area contributed by atoms with Gasteiger partial charge in [0.05, 0.1) is 16.9 Å². The lowest BCUT2D eigenvalue weighted by molar-refractivity contribution is -0.386. The van der Waals surface area contributed by atoms with Crippen LogP contribution in [0.1, 0.15) is 20.3 Å². The van der Waals surface area contributed by atoms with Gasteiger partial charge in [-0.3, -0.25) is 10.1 Å². The van der Waals surface area contributed by atoms with Crippen LogP contribution in [0.5, 0.6) is 5.75 Å². The molecular weight excluding hydrogens is 341 g/mol. The van der Waals surface area contributed by atoms with Crippen molar-refractivity contribution in [2.45, 2.75) is 31.2 Å². The Hall–Kier alpha value is -1.78. The minimum absolute atomic E-state index is 0.114. The predicted octanol–water partition coefficient (Wildman–Crippen LogP) is 1.74. The summed E-state index contributed by atoms with van der Waals surface area (Å²) in [6.07, 6.45) is 0.411. The molecule has 0 aliphatic rings. The van der Waals surface area contributed by atoms with Crippen LogP contribution in [0.15, 0.2) is 17.0 Å². The minimum Gasteiger partial charge on any atom is -0.488 e. The summed E-state index contributed by atoms with van der Waals surface area (Å²) in [7, 11) is -1.70. The average Bonchev–Trinajstić information content (AvgIpc) is 2.50. The third-order valence-corrected chi connectivity index (χ3v) is 5.57. The first-order valence-corrected chi connectivity index (χ1v) is 8.70. The summed E-state index contributed by atoms with van der Waals surface area (Å²) in [6.45, 7) is 3.95. The quantitative estimate of drug-likeness (QED) is 0.555. The Morgan fingerprint density at radius 3 is 2.46 bits per heavy atom. The number of nitro benzene ring substituents is 1. The van der Waals surface area contributed by atoms with Crippen LogP contribution in [0.4, 0.5) is 10.1 Å². The number of benzene rings is 1. The summed E-state index contributed by atoms with van der Waals surface area (Å²) < 4.78 is 44.6. The molecule has 24 heavy (non-hydrogen) atoms. The molecule has 1 unspecified atom stereocenters. The number of hydrogen-bond donors (Lipinski definition) is 1. The number of nitrogens with zero attached hydrogens (tertiary/aromatic N) is 2. The first-order valence-electron chi connectivity index (χ1n) is 7.26. The van der Waals surface area contributed by atoms with E-state index in [4.69, 9.17) is 5.73 Å². The lowest BCUT2D eigenvalue weighted by Gasteiger charge is -2.21. The molecule has 2 N–H and O–H groups in total. The number of methoxy groups -OCH3 is 1. The van der Waals surface area contributed by atoms with Crippen molar-refractivity contribution < 1.29 is 22.5 Å². The van der Waals surface area contributed by atoms with Gasteiger partial charge in [-0.1, -0.05) is 13.8 Å². The van der Waals surface area contributed by atoms with E-state index in [1.165, 1.54) is 7.05 Å². The van der Waals surface area contributed by atoms with Crippen molar-refractivity contribution in [2.75, 3.05) is 20.7 Å². The fourth-order valence-corrected chi connectivity index (χ4v) is 3.22. The first-order chi connectivity index (χ1) is 11.0. The Balaban J connectivity index is 3.16. The topological polar surface area (TPSA) is 116 Å². The van der Waals surface area contributed by atoms with Gasteiger partial charge in [-0.05, 0) is 18.4 Å².